The van der Waals surface area contributed by atoms with Crippen LogP contribution in [0.5, 0.6) is 0 Å². The van der Waals surface area contributed by atoms with E-state index in [9.17, 15) is 0 Å². The van der Waals surface area contributed by atoms with Gasteiger partial charge in [-0.15, -0.1) is 0 Å². The topological polar surface area (TPSA) is 50.5 Å². The van der Waals surface area contributed by atoms with Crippen LogP contribution in [-0.2, 0) is 11.2 Å². The number of rotatable bonds is 5. The van der Waals surface area contributed by atoms with Crippen LogP contribution in [0.4, 0.5) is 0 Å². The molecule has 0 aromatic heterocycles. The number of nitrogens with zero attached hydrogens (tertiary/aromatic N) is 1. The number of hydrogen-bond acceptors (Lipinski definition) is 4. The van der Waals surface area contributed by atoms with Gasteiger partial charge in [-0.05, 0) is 38.3 Å². The highest BCUT2D eigenvalue weighted by Crippen LogP contribution is 2.23. The van der Waals surface area contributed by atoms with Crippen molar-refractivity contribution < 1.29 is 4.74 Å². The minimum atomic E-state index is 0.000805. The van der Waals surface area contributed by atoms with E-state index in [1.54, 1.807) is 0 Å². The maximum Gasteiger partial charge on any atom is 0.0594 e. The lowest BCUT2D eigenvalue weighted by atomic mass is 9.86. The predicted octanol–water partition coefficient (Wildman–Crippen LogP) is 1.48. The summed E-state index contributed by atoms with van der Waals surface area (Å²) in [6.07, 6.45) is 0.938. The Morgan fingerprint density at radius 2 is 1.95 bits per heavy atom. The van der Waals surface area contributed by atoms with Gasteiger partial charge in [-0.3, -0.25) is 16.2 Å². The molecular formula is C16H27N3O. The quantitative estimate of drug-likeness (QED) is 0.632. The first-order valence-electron chi connectivity index (χ1n) is 7.39. The van der Waals surface area contributed by atoms with Crippen molar-refractivity contribution in [1.82, 2.24) is 10.3 Å². The summed E-state index contributed by atoms with van der Waals surface area (Å²) in [7, 11) is 0. The molecule has 20 heavy (non-hydrogen) atoms. The number of nitrogens with one attached hydrogen (secondary N) is 1. The Morgan fingerprint density at radius 3 is 2.55 bits per heavy atom. The monoisotopic (exact) mass is 277 g/mol. The lowest BCUT2D eigenvalue weighted by Gasteiger charge is -2.45. The van der Waals surface area contributed by atoms with Crippen molar-refractivity contribution >= 4 is 0 Å². The fraction of sp³-hybridized carbons (Fsp3) is 0.625. The lowest BCUT2D eigenvalue weighted by Crippen LogP contribution is -2.62. The molecule has 1 heterocycles. The standard InChI is InChI=1S/C16H27N3O/c1-13-6-4-5-7-14(13)12-15(18-17)16(2,3)19-8-10-20-11-9-19/h4-7,15,18H,8-12,17H2,1-3H3. The van der Waals surface area contributed by atoms with Gasteiger partial charge in [0.1, 0.15) is 0 Å². The molecule has 4 nitrogen and oxygen atoms in total. The SMILES string of the molecule is Cc1ccccc1CC(NN)C(C)(C)N1CCOCC1. The van der Waals surface area contributed by atoms with Crippen LogP contribution in [0.25, 0.3) is 0 Å². The zero-order valence-electron chi connectivity index (χ0n) is 12.9. The number of morpholine rings is 1. The van der Waals surface area contributed by atoms with Gasteiger partial charge in [0.15, 0.2) is 0 Å². The van der Waals surface area contributed by atoms with E-state index < -0.39 is 0 Å². The Morgan fingerprint density at radius 1 is 1.30 bits per heavy atom. The van der Waals surface area contributed by atoms with Crippen LogP contribution in [0.1, 0.15) is 25.0 Å². The van der Waals surface area contributed by atoms with E-state index in [4.69, 9.17) is 10.6 Å². The molecule has 0 saturated carbocycles. The van der Waals surface area contributed by atoms with E-state index in [1.165, 1.54) is 11.1 Å². The fourth-order valence-electron chi connectivity index (χ4n) is 2.93. The average Bonchev–Trinajstić information content (AvgIpc) is 2.47. The zero-order valence-corrected chi connectivity index (χ0v) is 12.9. The molecule has 3 N–H and O–H groups in total. The van der Waals surface area contributed by atoms with Gasteiger partial charge in [-0.25, -0.2) is 0 Å². The summed E-state index contributed by atoms with van der Waals surface area (Å²) in [6.45, 7) is 10.3. The van der Waals surface area contributed by atoms with Crippen molar-refractivity contribution in [2.24, 2.45) is 5.84 Å². The van der Waals surface area contributed by atoms with Crippen LogP contribution in [0, 0.1) is 6.92 Å². The van der Waals surface area contributed by atoms with Crippen molar-refractivity contribution in [1.29, 1.82) is 0 Å². The van der Waals surface area contributed by atoms with Crippen LogP contribution in [0.15, 0.2) is 24.3 Å². The van der Waals surface area contributed by atoms with E-state index in [-0.39, 0.29) is 11.6 Å². The van der Waals surface area contributed by atoms with Gasteiger partial charge in [0.2, 0.25) is 0 Å². The van der Waals surface area contributed by atoms with E-state index in [0.717, 1.165) is 32.7 Å². The van der Waals surface area contributed by atoms with Gasteiger partial charge in [0.05, 0.1) is 13.2 Å². The molecule has 4 heteroatoms. The van der Waals surface area contributed by atoms with E-state index >= 15 is 0 Å². The van der Waals surface area contributed by atoms with Crippen LogP contribution in [-0.4, -0.2) is 42.8 Å². The molecule has 0 bridgehead atoms. The second-order valence-electron chi connectivity index (χ2n) is 6.10. The molecule has 0 aliphatic carbocycles. The molecule has 1 aromatic rings. The smallest absolute Gasteiger partial charge is 0.0594 e. The van der Waals surface area contributed by atoms with E-state index in [1.807, 2.05) is 0 Å². The maximum absolute atomic E-state index is 5.86. The van der Waals surface area contributed by atoms with Crippen LogP contribution >= 0.6 is 0 Å². The van der Waals surface area contributed by atoms with Crippen molar-refractivity contribution in [2.75, 3.05) is 26.3 Å². The van der Waals surface area contributed by atoms with Gasteiger partial charge in [0.25, 0.3) is 0 Å². The zero-order chi connectivity index (χ0) is 14.6. The first kappa shape index (κ1) is 15.4. The molecule has 2 rings (SSSR count). The predicted molar refractivity (Wildman–Crippen MR) is 82.5 cm³/mol. The number of hydrazine groups is 1. The minimum absolute atomic E-state index is 0.000805. The van der Waals surface area contributed by atoms with Gasteiger partial charge >= 0.3 is 0 Å². The Hall–Kier alpha value is -0.940. The maximum atomic E-state index is 5.86. The van der Waals surface area contributed by atoms with Gasteiger partial charge in [-0.2, -0.15) is 0 Å². The number of aryl methyl sites for hydroxylation is 1. The third kappa shape index (κ3) is 3.38. The Kier molecular flexibility index (Phi) is 5.16. The second kappa shape index (κ2) is 6.68. The lowest BCUT2D eigenvalue weighted by molar-refractivity contribution is -0.0233. The highest BCUT2D eigenvalue weighted by atomic mass is 16.5. The first-order valence-corrected chi connectivity index (χ1v) is 7.39. The Bertz CT molecular complexity index is 427. The molecule has 0 radical (unpaired) electrons. The molecule has 1 aliphatic heterocycles. The van der Waals surface area contributed by atoms with Gasteiger partial charge in [0, 0.05) is 24.7 Å². The average molecular weight is 277 g/mol. The van der Waals surface area contributed by atoms with Gasteiger partial charge < -0.3 is 4.74 Å². The van der Waals surface area contributed by atoms with Gasteiger partial charge in [-0.1, -0.05) is 24.3 Å². The summed E-state index contributed by atoms with van der Waals surface area (Å²) < 4.78 is 5.45. The number of benzene rings is 1. The molecule has 1 unspecified atom stereocenters. The summed E-state index contributed by atoms with van der Waals surface area (Å²) in [6, 6.07) is 8.73. The Balaban J connectivity index is 2.12. The van der Waals surface area contributed by atoms with E-state index in [0.29, 0.717) is 0 Å². The van der Waals surface area contributed by atoms with Crippen molar-refractivity contribution in [3.05, 3.63) is 35.4 Å². The largest absolute Gasteiger partial charge is 0.379 e. The highest BCUT2D eigenvalue weighted by molar-refractivity contribution is 5.27. The molecular weight excluding hydrogens is 250 g/mol. The first-order chi connectivity index (χ1) is 9.55. The van der Waals surface area contributed by atoms with Crippen LogP contribution in [0.2, 0.25) is 0 Å². The molecule has 1 aromatic carbocycles. The third-order valence-electron chi connectivity index (χ3n) is 4.57. The molecule has 0 spiro atoms. The highest BCUT2D eigenvalue weighted by Gasteiger charge is 2.35. The van der Waals surface area contributed by atoms with Crippen LogP contribution < -0.4 is 11.3 Å². The fourth-order valence-corrected chi connectivity index (χ4v) is 2.93. The summed E-state index contributed by atoms with van der Waals surface area (Å²) in [4.78, 5) is 2.47. The van der Waals surface area contributed by atoms with Crippen molar-refractivity contribution in [3.63, 3.8) is 0 Å². The normalized spacial score (nSPS) is 19.0. The third-order valence-corrected chi connectivity index (χ3v) is 4.57. The number of nitrogens with two attached hydrogens (primary N) is 1. The second-order valence-corrected chi connectivity index (χ2v) is 6.10. The minimum Gasteiger partial charge on any atom is -0.379 e. The number of ether oxygens (including phenoxy) is 1. The molecule has 112 valence electrons. The van der Waals surface area contributed by atoms with E-state index in [2.05, 4.69) is 55.4 Å². The summed E-state index contributed by atoms with van der Waals surface area (Å²) >= 11 is 0. The molecule has 1 aliphatic rings. The molecule has 1 saturated heterocycles. The van der Waals surface area contributed by atoms with Crippen molar-refractivity contribution in [3.8, 4) is 0 Å². The summed E-state index contributed by atoms with van der Waals surface area (Å²) in [5.41, 5.74) is 5.72. The summed E-state index contributed by atoms with van der Waals surface area (Å²) in [5.74, 6) is 5.86. The number of hydrogen-bond donors (Lipinski definition) is 2. The van der Waals surface area contributed by atoms with Crippen molar-refractivity contribution in [2.45, 2.75) is 38.8 Å². The molecule has 1 fully saturated rings. The summed E-state index contributed by atoms with van der Waals surface area (Å²) in [5, 5.41) is 0. The van der Waals surface area contributed by atoms with Crippen LogP contribution in [0.3, 0.4) is 0 Å². The molecule has 1 atom stereocenters. The molecule has 0 amide bonds. The Labute approximate surface area is 122 Å².